The van der Waals surface area contributed by atoms with Gasteiger partial charge in [-0.05, 0) is 49.8 Å². The van der Waals surface area contributed by atoms with Gasteiger partial charge in [0.25, 0.3) is 11.8 Å². The molecule has 0 saturated heterocycles. The van der Waals surface area contributed by atoms with E-state index in [1.165, 1.54) is 11.8 Å². The second-order valence-corrected chi connectivity index (χ2v) is 8.93. The number of carbonyl (C=O) groups excluding carboxylic acids is 2. The number of amides is 2. The van der Waals surface area contributed by atoms with Crippen LogP contribution in [0.15, 0.2) is 34.9 Å². The van der Waals surface area contributed by atoms with Crippen LogP contribution in [0.5, 0.6) is 0 Å². The lowest BCUT2D eigenvalue weighted by Gasteiger charge is -2.28. The van der Waals surface area contributed by atoms with E-state index in [0.29, 0.717) is 11.5 Å². The topological polar surface area (TPSA) is 75.4 Å². The molecule has 1 heterocycles. The third-order valence-electron chi connectivity index (χ3n) is 5.46. The Balaban J connectivity index is 2.19. The van der Waals surface area contributed by atoms with Gasteiger partial charge in [0.1, 0.15) is 6.26 Å². The zero-order chi connectivity index (χ0) is 22.5. The van der Waals surface area contributed by atoms with Crippen molar-refractivity contribution in [3.05, 3.63) is 53.2 Å². The van der Waals surface area contributed by atoms with Crippen molar-refractivity contribution in [1.29, 1.82) is 0 Å². The van der Waals surface area contributed by atoms with Crippen LogP contribution in [0.1, 0.15) is 93.6 Å². The molecule has 2 unspecified atom stereocenters. The van der Waals surface area contributed by atoms with Crippen LogP contribution in [0.4, 0.5) is 0 Å². The number of hydrogen-bond acceptors (Lipinski definition) is 4. The lowest BCUT2D eigenvalue weighted by atomic mass is 9.86. The molecular weight excluding hydrogens is 378 g/mol. The summed E-state index contributed by atoms with van der Waals surface area (Å²) in [6.07, 6.45) is 2.99. The number of carbonyl (C=O) groups is 2. The second kappa shape index (κ2) is 9.92. The maximum Gasteiger partial charge on any atom is 0.273 e. The standard InChI is InChI=1S/C24H35N3O3/c1-8-16(3)25-22(28)20-15-30-21(26-20)14-27(17(4)9-2)23(29)18-10-12-19(13-11-18)24(5,6)7/h10-13,15-17H,8-9,14H2,1-7H3,(H,25,28). The van der Waals surface area contributed by atoms with Crippen LogP contribution in [-0.4, -0.2) is 33.8 Å². The van der Waals surface area contributed by atoms with Crippen LogP contribution in [0.3, 0.4) is 0 Å². The van der Waals surface area contributed by atoms with E-state index in [9.17, 15) is 9.59 Å². The monoisotopic (exact) mass is 413 g/mol. The quantitative estimate of drug-likeness (QED) is 0.665. The van der Waals surface area contributed by atoms with Crippen LogP contribution in [0, 0.1) is 0 Å². The smallest absolute Gasteiger partial charge is 0.273 e. The Labute approximate surface area is 180 Å². The Morgan fingerprint density at radius 2 is 1.73 bits per heavy atom. The van der Waals surface area contributed by atoms with Crippen molar-refractivity contribution in [2.75, 3.05) is 0 Å². The molecule has 0 aliphatic heterocycles. The molecule has 0 aliphatic rings. The first-order valence-electron chi connectivity index (χ1n) is 10.7. The number of aromatic nitrogens is 1. The van der Waals surface area contributed by atoms with Gasteiger partial charge in [-0.1, -0.05) is 46.8 Å². The average molecular weight is 414 g/mol. The third-order valence-corrected chi connectivity index (χ3v) is 5.46. The molecule has 0 fully saturated rings. The lowest BCUT2D eigenvalue weighted by molar-refractivity contribution is 0.0652. The minimum atomic E-state index is -0.265. The summed E-state index contributed by atoms with van der Waals surface area (Å²) >= 11 is 0. The largest absolute Gasteiger partial charge is 0.446 e. The van der Waals surface area contributed by atoms with Gasteiger partial charge >= 0.3 is 0 Å². The van der Waals surface area contributed by atoms with Crippen LogP contribution >= 0.6 is 0 Å². The summed E-state index contributed by atoms with van der Waals surface area (Å²) < 4.78 is 5.51. The van der Waals surface area contributed by atoms with Crippen molar-refractivity contribution in [2.45, 2.75) is 85.4 Å². The lowest BCUT2D eigenvalue weighted by Crippen LogP contribution is -2.38. The Hall–Kier alpha value is -2.63. The number of nitrogens with one attached hydrogen (secondary N) is 1. The molecule has 0 spiro atoms. The van der Waals surface area contributed by atoms with Crippen molar-refractivity contribution >= 4 is 11.8 Å². The van der Waals surface area contributed by atoms with Crippen LogP contribution in [0.25, 0.3) is 0 Å². The van der Waals surface area contributed by atoms with Gasteiger partial charge < -0.3 is 14.6 Å². The van der Waals surface area contributed by atoms with E-state index in [0.717, 1.165) is 12.8 Å². The number of oxazole rings is 1. The van der Waals surface area contributed by atoms with Gasteiger partial charge in [0.05, 0.1) is 6.54 Å². The van der Waals surface area contributed by atoms with Crippen molar-refractivity contribution < 1.29 is 14.0 Å². The zero-order valence-corrected chi connectivity index (χ0v) is 19.3. The van der Waals surface area contributed by atoms with E-state index in [1.807, 2.05) is 52.0 Å². The predicted molar refractivity (Wildman–Crippen MR) is 118 cm³/mol. The molecule has 0 bridgehead atoms. The van der Waals surface area contributed by atoms with Gasteiger partial charge in [-0.15, -0.1) is 0 Å². The molecule has 1 aromatic heterocycles. The number of hydrogen-bond donors (Lipinski definition) is 1. The van der Waals surface area contributed by atoms with Crippen molar-refractivity contribution in [1.82, 2.24) is 15.2 Å². The molecule has 2 atom stereocenters. The molecule has 164 valence electrons. The summed E-state index contributed by atoms with van der Waals surface area (Å²) in [6, 6.07) is 7.82. The summed E-state index contributed by atoms with van der Waals surface area (Å²) in [7, 11) is 0. The van der Waals surface area contributed by atoms with E-state index in [1.54, 1.807) is 4.90 Å². The first-order valence-corrected chi connectivity index (χ1v) is 10.7. The highest BCUT2D eigenvalue weighted by Crippen LogP contribution is 2.23. The molecule has 0 saturated carbocycles. The summed E-state index contributed by atoms with van der Waals surface area (Å²) in [5, 5.41) is 2.87. The summed E-state index contributed by atoms with van der Waals surface area (Å²) in [6.45, 7) is 14.6. The fourth-order valence-corrected chi connectivity index (χ4v) is 2.96. The van der Waals surface area contributed by atoms with E-state index < -0.39 is 0 Å². The Morgan fingerprint density at radius 3 is 2.27 bits per heavy atom. The number of benzene rings is 1. The molecule has 6 heteroatoms. The summed E-state index contributed by atoms with van der Waals surface area (Å²) in [5.74, 6) is 0.0106. The van der Waals surface area contributed by atoms with Crippen LogP contribution in [0.2, 0.25) is 0 Å². The Morgan fingerprint density at radius 1 is 1.10 bits per heavy atom. The predicted octanol–water partition coefficient (Wildman–Crippen LogP) is 4.94. The molecule has 2 amide bonds. The Kier molecular flexibility index (Phi) is 7.82. The highest BCUT2D eigenvalue weighted by atomic mass is 16.3. The molecule has 0 radical (unpaired) electrons. The average Bonchev–Trinajstić information content (AvgIpc) is 3.19. The summed E-state index contributed by atoms with van der Waals surface area (Å²) in [5.41, 5.74) is 2.07. The number of rotatable bonds is 8. The SMILES string of the molecule is CCC(C)NC(=O)c1coc(CN(C(=O)c2ccc(C(C)(C)C)cc2)C(C)CC)n1. The first-order chi connectivity index (χ1) is 14.1. The highest BCUT2D eigenvalue weighted by molar-refractivity contribution is 5.94. The van der Waals surface area contributed by atoms with Crippen molar-refractivity contribution in [3.8, 4) is 0 Å². The van der Waals surface area contributed by atoms with Crippen LogP contribution in [-0.2, 0) is 12.0 Å². The normalized spacial score (nSPS) is 13.6. The van der Waals surface area contributed by atoms with Crippen molar-refractivity contribution in [2.24, 2.45) is 0 Å². The first kappa shape index (κ1) is 23.6. The highest BCUT2D eigenvalue weighted by Gasteiger charge is 2.24. The van der Waals surface area contributed by atoms with E-state index >= 15 is 0 Å². The molecule has 1 N–H and O–H groups in total. The molecule has 1 aromatic carbocycles. The van der Waals surface area contributed by atoms with Gasteiger partial charge in [0.15, 0.2) is 5.69 Å². The summed E-state index contributed by atoms with van der Waals surface area (Å²) in [4.78, 5) is 31.5. The number of nitrogens with zero attached hydrogens (tertiary/aromatic N) is 2. The fourth-order valence-electron chi connectivity index (χ4n) is 2.96. The van der Waals surface area contributed by atoms with Crippen molar-refractivity contribution in [3.63, 3.8) is 0 Å². The second-order valence-electron chi connectivity index (χ2n) is 8.93. The van der Waals surface area contributed by atoms with Gasteiger partial charge in [-0.2, -0.15) is 0 Å². The molecular formula is C24H35N3O3. The molecule has 2 aromatic rings. The Bertz CT molecular complexity index is 849. The van der Waals surface area contributed by atoms with Gasteiger partial charge in [0.2, 0.25) is 5.89 Å². The van der Waals surface area contributed by atoms with Gasteiger partial charge in [0, 0.05) is 17.6 Å². The van der Waals surface area contributed by atoms with E-state index in [-0.39, 0.29) is 41.6 Å². The molecule has 2 rings (SSSR count). The molecule has 30 heavy (non-hydrogen) atoms. The fraction of sp³-hybridized carbons (Fsp3) is 0.542. The van der Waals surface area contributed by atoms with Crippen LogP contribution < -0.4 is 5.32 Å². The van der Waals surface area contributed by atoms with E-state index in [2.05, 4.69) is 31.1 Å². The van der Waals surface area contributed by atoms with E-state index in [4.69, 9.17) is 4.42 Å². The maximum atomic E-state index is 13.2. The van der Waals surface area contributed by atoms with Gasteiger partial charge in [-0.25, -0.2) is 4.98 Å². The maximum absolute atomic E-state index is 13.2. The zero-order valence-electron chi connectivity index (χ0n) is 19.3. The van der Waals surface area contributed by atoms with Gasteiger partial charge in [-0.3, -0.25) is 9.59 Å². The third kappa shape index (κ3) is 5.94. The molecule has 6 nitrogen and oxygen atoms in total. The molecule has 0 aliphatic carbocycles. The minimum Gasteiger partial charge on any atom is -0.446 e. The minimum absolute atomic E-state index is 0.00378.